The molecule has 1 aromatic rings. The monoisotopic (exact) mass is 388 g/mol. The molecule has 2 unspecified atom stereocenters. The summed E-state index contributed by atoms with van der Waals surface area (Å²) in [5.41, 5.74) is 2.23. The Bertz CT molecular complexity index is 649. The molecule has 28 heavy (non-hydrogen) atoms. The van der Waals surface area contributed by atoms with Crippen molar-refractivity contribution in [3.8, 4) is 0 Å². The maximum Gasteiger partial charge on any atom is 0.242 e. The van der Waals surface area contributed by atoms with Gasteiger partial charge in [0.15, 0.2) is 5.96 Å². The first kappa shape index (κ1) is 22.2. The molecule has 156 valence electrons. The Hall–Kier alpha value is -2.08. The quantitative estimate of drug-likeness (QED) is 0.517. The fraction of sp³-hybridized carbons (Fsp3) is 0.636. The smallest absolute Gasteiger partial charge is 0.242 e. The number of amides is 1. The third-order valence-electron chi connectivity index (χ3n) is 4.62. The second-order valence-corrected chi connectivity index (χ2v) is 8.48. The Morgan fingerprint density at radius 3 is 2.57 bits per heavy atom. The minimum Gasteiger partial charge on any atom is -0.373 e. The van der Waals surface area contributed by atoms with Crippen LogP contribution in [0.5, 0.6) is 0 Å². The molecule has 1 heterocycles. The van der Waals surface area contributed by atoms with E-state index in [-0.39, 0.29) is 24.1 Å². The summed E-state index contributed by atoms with van der Waals surface area (Å²) in [6.45, 7) is 12.4. The summed E-state index contributed by atoms with van der Waals surface area (Å²) in [4.78, 5) is 16.5. The van der Waals surface area contributed by atoms with Gasteiger partial charge >= 0.3 is 0 Å². The molecule has 0 aliphatic carbocycles. The highest BCUT2D eigenvalue weighted by Crippen LogP contribution is 2.33. The van der Waals surface area contributed by atoms with E-state index in [1.807, 2.05) is 27.7 Å². The highest BCUT2D eigenvalue weighted by Gasteiger charge is 2.27. The Labute approximate surface area is 169 Å². The van der Waals surface area contributed by atoms with Crippen LogP contribution in [-0.4, -0.2) is 43.6 Å². The van der Waals surface area contributed by atoms with E-state index in [1.54, 1.807) is 0 Å². The van der Waals surface area contributed by atoms with Crippen LogP contribution < -0.4 is 16.0 Å². The minimum atomic E-state index is -0.251. The van der Waals surface area contributed by atoms with Gasteiger partial charge in [-0.3, -0.25) is 4.79 Å². The summed E-state index contributed by atoms with van der Waals surface area (Å²) in [6.07, 6.45) is 2.26. The molecule has 1 fully saturated rings. The number of guanidine groups is 1. The van der Waals surface area contributed by atoms with Gasteiger partial charge < -0.3 is 20.7 Å². The number of hydrogen-bond donors (Lipinski definition) is 3. The molecule has 1 aromatic carbocycles. The predicted molar refractivity (Wildman–Crippen MR) is 114 cm³/mol. The van der Waals surface area contributed by atoms with E-state index in [0.717, 1.165) is 32.5 Å². The third kappa shape index (κ3) is 7.50. The van der Waals surface area contributed by atoms with Crippen LogP contribution in [0.2, 0.25) is 0 Å². The van der Waals surface area contributed by atoms with E-state index in [2.05, 4.69) is 52.1 Å². The van der Waals surface area contributed by atoms with Crippen LogP contribution in [-0.2, 0) is 9.53 Å². The number of ether oxygens (including phenoxy) is 1. The van der Waals surface area contributed by atoms with Crippen LogP contribution in [0.1, 0.15) is 57.8 Å². The second-order valence-electron chi connectivity index (χ2n) is 8.48. The van der Waals surface area contributed by atoms with E-state index < -0.39 is 0 Å². The molecule has 6 nitrogen and oxygen atoms in total. The molecule has 2 rings (SSSR count). The number of aryl methyl sites for hydroxylation is 1. The van der Waals surface area contributed by atoms with Gasteiger partial charge in [0.05, 0.1) is 6.10 Å². The van der Waals surface area contributed by atoms with Crippen LogP contribution in [0.3, 0.4) is 0 Å². The molecule has 6 heteroatoms. The van der Waals surface area contributed by atoms with Crippen molar-refractivity contribution in [3.63, 3.8) is 0 Å². The van der Waals surface area contributed by atoms with Gasteiger partial charge in [-0.05, 0) is 53.0 Å². The zero-order chi connectivity index (χ0) is 20.6. The maximum atomic E-state index is 12.0. The molecule has 2 atom stereocenters. The highest BCUT2D eigenvalue weighted by molar-refractivity contribution is 5.85. The fourth-order valence-electron chi connectivity index (χ4n) is 3.36. The molecule has 0 spiro atoms. The molecule has 0 radical (unpaired) electrons. The van der Waals surface area contributed by atoms with Crippen molar-refractivity contribution in [2.24, 2.45) is 10.9 Å². The van der Waals surface area contributed by atoms with E-state index in [9.17, 15) is 4.79 Å². The van der Waals surface area contributed by atoms with Crippen LogP contribution in [0.25, 0.3) is 0 Å². The van der Waals surface area contributed by atoms with E-state index in [4.69, 9.17) is 4.74 Å². The van der Waals surface area contributed by atoms with Gasteiger partial charge in [-0.15, -0.1) is 0 Å². The van der Waals surface area contributed by atoms with Gasteiger partial charge in [-0.1, -0.05) is 29.8 Å². The Morgan fingerprint density at radius 1 is 1.21 bits per heavy atom. The largest absolute Gasteiger partial charge is 0.373 e. The predicted octanol–water partition coefficient (Wildman–Crippen LogP) is 2.93. The van der Waals surface area contributed by atoms with Gasteiger partial charge in [0, 0.05) is 31.2 Å². The van der Waals surface area contributed by atoms with Gasteiger partial charge in [-0.25, -0.2) is 4.99 Å². The standard InChI is InChI=1S/C22H36N4O2/c1-6-23-21(25-15-19(27)26-22(3,4)5)24-14-18-8-7-13-28-20(18)17-11-9-16(2)10-12-17/h9-12,18,20H,6-8,13-15H2,1-5H3,(H,26,27)(H2,23,24,25). The average molecular weight is 389 g/mol. The summed E-state index contributed by atoms with van der Waals surface area (Å²) < 4.78 is 6.10. The summed E-state index contributed by atoms with van der Waals surface area (Å²) in [7, 11) is 0. The molecule has 0 saturated carbocycles. The lowest BCUT2D eigenvalue weighted by Gasteiger charge is -2.32. The lowest BCUT2D eigenvalue weighted by atomic mass is 9.89. The van der Waals surface area contributed by atoms with Gasteiger partial charge in [0.2, 0.25) is 5.91 Å². The zero-order valence-electron chi connectivity index (χ0n) is 18.0. The number of benzene rings is 1. The lowest BCUT2D eigenvalue weighted by Crippen LogP contribution is -2.44. The van der Waals surface area contributed by atoms with Crippen molar-refractivity contribution in [2.75, 3.05) is 26.2 Å². The number of hydrogen-bond acceptors (Lipinski definition) is 3. The Kier molecular flexibility index (Phi) is 8.30. The number of carbonyl (C=O) groups excluding carboxylic acids is 1. The van der Waals surface area contributed by atoms with Crippen LogP contribution in [0.4, 0.5) is 0 Å². The van der Waals surface area contributed by atoms with Crippen LogP contribution >= 0.6 is 0 Å². The van der Waals surface area contributed by atoms with Gasteiger partial charge in [0.1, 0.15) is 6.54 Å². The molecule has 1 saturated heterocycles. The SMILES string of the molecule is CCNC(=NCC(=O)NC(C)(C)C)NCC1CCCOC1c1ccc(C)cc1. The molecular weight excluding hydrogens is 352 g/mol. The summed E-state index contributed by atoms with van der Waals surface area (Å²) >= 11 is 0. The van der Waals surface area contributed by atoms with E-state index in [1.165, 1.54) is 11.1 Å². The first-order valence-electron chi connectivity index (χ1n) is 10.3. The first-order valence-corrected chi connectivity index (χ1v) is 10.3. The van der Waals surface area contributed by atoms with Crippen molar-refractivity contribution in [1.82, 2.24) is 16.0 Å². The maximum absolute atomic E-state index is 12.0. The molecule has 3 N–H and O–H groups in total. The fourth-order valence-corrected chi connectivity index (χ4v) is 3.36. The molecular formula is C22H36N4O2. The van der Waals surface area contributed by atoms with Crippen molar-refractivity contribution in [3.05, 3.63) is 35.4 Å². The van der Waals surface area contributed by atoms with Gasteiger partial charge in [0.25, 0.3) is 0 Å². The second kappa shape index (κ2) is 10.5. The van der Waals surface area contributed by atoms with Crippen LogP contribution in [0, 0.1) is 12.8 Å². The highest BCUT2D eigenvalue weighted by atomic mass is 16.5. The third-order valence-corrected chi connectivity index (χ3v) is 4.62. The minimum absolute atomic E-state index is 0.0803. The molecule has 1 aliphatic rings. The average Bonchev–Trinajstić information content (AvgIpc) is 2.63. The zero-order valence-corrected chi connectivity index (χ0v) is 18.0. The molecule has 0 aromatic heterocycles. The summed E-state index contributed by atoms with van der Waals surface area (Å²) in [5.74, 6) is 0.951. The molecule has 1 aliphatic heterocycles. The van der Waals surface area contributed by atoms with Crippen LogP contribution in [0.15, 0.2) is 29.3 Å². The summed E-state index contributed by atoms with van der Waals surface area (Å²) in [6, 6.07) is 8.59. The number of aliphatic imine (C=N–C) groups is 1. The number of nitrogens with zero attached hydrogens (tertiary/aromatic N) is 1. The van der Waals surface area contributed by atoms with Crippen molar-refractivity contribution in [2.45, 2.75) is 59.1 Å². The summed E-state index contributed by atoms with van der Waals surface area (Å²) in [5, 5.41) is 9.55. The van der Waals surface area contributed by atoms with E-state index in [0.29, 0.717) is 11.9 Å². The van der Waals surface area contributed by atoms with Crippen molar-refractivity contribution < 1.29 is 9.53 Å². The van der Waals surface area contributed by atoms with Gasteiger partial charge in [-0.2, -0.15) is 0 Å². The number of rotatable bonds is 6. The Morgan fingerprint density at radius 2 is 1.93 bits per heavy atom. The normalized spacial score (nSPS) is 20.5. The molecule has 1 amide bonds. The van der Waals surface area contributed by atoms with Crippen molar-refractivity contribution in [1.29, 1.82) is 0 Å². The Balaban J connectivity index is 1.97. The van der Waals surface area contributed by atoms with E-state index >= 15 is 0 Å². The van der Waals surface area contributed by atoms with Crippen molar-refractivity contribution >= 4 is 11.9 Å². The molecule has 0 bridgehead atoms. The lowest BCUT2D eigenvalue weighted by molar-refractivity contribution is -0.121. The topological polar surface area (TPSA) is 74.8 Å². The first-order chi connectivity index (χ1) is 13.3. The number of nitrogens with one attached hydrogen (secondary N) is 3. The number of carbonyl (C=O) groups is 1.